The maximum absolute atomic E-state index is 13.7. The second-order valence-corrected chi connectivity index (χ2v) is 6.49. The van der Waals surface area contributed by atoms with Gasteiger partial charge in [-0.2, -0.15) is 13.2 Å². The maximum Gasteiger partial charge on any atom is 0.492 e. The molecule has 28 heavy (non-hydrogen) atoms. The van der Waals surface area contributed by atoms with Crippen LogP contribution in [0.15, 0.2) is 30.3 Å². The Kier molecular flexibility index (Phi) is 4.27. The van der Waals surface area contributed by atoms with E-state index in [0.29, 0.717) is 11.5 Å². The molecule has 0 radical (unpaired) electrons. The summed E-state index contributed by atoms with van der Waals surface area (Å²) >= 11 is 11.6. The second-order valence-electron chi connectivity index (χ2n) is 5.68. The van der Waals surface area contributed by atoms with E-state index in [2.05, 4.69) is 5.32 Å². The van der Waals surface area contributed by atoms with E-state index in [1.807, 2.05) is 0 Å². The van der Waals surface area contributed by atoms with E-state index in [1.165, 1.54) is 18.2 Å². The Morgan fingerprint density at radius 2 is 1.57 bits per heavy atom. The van der Waals surface area contributed by atoms with Gasteiger partial charge < -0.3 is 24.3 Å². The van der Waals surface area contributed by atoms with Gasteiger partial charge in [-0.25, -0.2) is 4.79 Å². The van der Waals surface area contributed by atoms with Crippen LogP contribution in [0.25, 0.3) is 0 Å². The summed E-state index contributed by atoms with van der Waals surface area (Å²) in [4.78, 5) is 12.2. The highest BCUT2D eigenvalue weighted by molar-refractivity contribution is 6.42. The van der Waals surface area contributed by atoms with Crippen LogP contribution in [0.3, 0.4) is 0 Å². The summed E-state index contributed by atoms with van der Waals surface area (Å²) in [6, 6.07) is 5.21. The predicted octanol–water partition coefficient (Wildman–Crippen LogP) is 4.53. The molecule has 2 aromatic carbocycles. The molecule has 7 nitrogen and oxygen atoms in total. The number of fused-ring (bicyclic) bond motifs is 2. The first kappa shape index (κ1) is 18.6. The highest BCUT2D eigenvalue weighted by Gasteiger charge is 2.66. The SMILES string of the molecule is O=C(Nc1ccc2c(c1)OCO2)NC1(C(F)(F)F)Oc2cc(Cl)c(Cl)cc2O1. The van der Waals surface area contributed by atoms with Crippen molar-refractivity contribution in [2.45, 2.75) is 12.1 Å². The van der Waals surface area contributed by atoms with Gasteiger partial charge in [-0.1, -0.05) is 23.2 Å². The zero-order valence-corrected chi connectivity index (χ0v) is 15.0. The lowest BCUT2D eigenvalue weighted by Crippen LogP contribution is -2.65. The number of benzene rings is 2. The lowest BCUT2D eigenvalue weighted by molar-refractivity contribution is -0.317. The molecule has 0 spiro atoms. The van der Waals surface area contributed by atoms with Gasteiger partial charge in [-0.3, -0.25) is 5.32 Å². The Morgan fingerprint density at radius 3 is 2.18 bits per heavy atom. The molecule has 2 aromatic rings. The van der Waals surface area contributed by atoms with Gasteiger partial charge in [0.15, 0.2) is 23.0 Å². The number of hydrogen-bond donors (Lipinski definition) is 2. The number of ether oxygens (including phenoxy) is 4. The Bertz CT molecular complexity index is 939. The molecule has 2 N–H and O–H groups in total. The number of urea groups is 1. The second kappa shape index (κ2) is 6.42. The number of nitrogens with one attached hydrogen (secondary N) is 2. The van der Waals surface area contributed by atoms with Crippen molar-refractivity contribution in [3.8, 4) is 23.0 Å². The van der Waals surface area contributed by atoms with Crippen molar-refractivity contribution in [2.75, 3.05) is 12.1 Å². The smallest absolute Gasteiger partial charge is 0.454 e. The molecule has 2 amide bonds. The topological polar surface area (TPSA) is 78.1 Å². The Morgan fingerprint density at radius 1 is 0.964 bits per heavy atom. The maximum atomic E-state index is 13.7. The van der Waals surface area contributed by atoms with Crippen molar-refractivity contribution >= 4 is 34.9 Å². The average Bonchev–Trinajstić information content (AvgIpc) is 3.19. The third-order valence-corrected chi connectivity index (χ3v) is 4.50. The Balaban J connectivity index is 1.55. The lowest BCUT2D eigenvalue weighted by atomic mass is 10.3. The van der Waals surface area contributed by atoms with Gasteiger partial charge in [0.2, 0.25) is 6.79 Å². The Hall–Kier alpha value is -2.72. The highest BCUT2D eigenvalue weighted by atomic mass is 35.5. The Labute approximate surface area is 165 Å². The molecule has 0 aliphatic carbocycles. The molecule has 0 fully saturated rings. The summed E-state index contributed by atoms with van der Waals surface area (Å²) in [6.07, 6.45) is -5.13. The number of carbonyl (C=O) groups is 1. The molecule has 2 aliphatic heterocycles. The van der Waals surface area contributed by atoms with Crippen LogP contribution >= 0.6 is 23.2 Å². The third-order valence-electron chi connectivity index (χ3n) is 3.78. The average molecular weight is 437 g/mol. The van der Waals surface area contributed by atoms with Crippen molar-refractivity contribution in [1.29, 1.82) is 0 Å². The van der Waals surface area contributed by atoms with Crippen LogP contribution in [0, 0.1) is 0 Å². The molecule has 0 saturated heterocycles. The van der Waals surface area contributed by atoms with Crippen molar-refractivity contribution in [3.63, 3.8) is 0 Å². The first-order chi connectivity index (χ1) is 13.2. The van der Waals surface area contributed by atoms with Gasteiger partial charge in [-0.15, -0.1) is 0 Å². The number of hydrogen-bond acceptors (Lipinski definition) is 5. The lowest BCUT2D eigenvalue weighted by Gasteiger charge is -2.29. The summed E-state index contributed by atoms with van der Waals surface area (Å²) in [5.74, 6) is -3.31. The molecule has 0 unspecified atom stereocenters. The van der Waals surface area contributed by atoms with Gasteiger partial charge in [-0.05, 0) is 12.1 Å². The molecule has 0 bridgehead atoms. The van der Waals surface area contributed by atoms with E-state index in [9.17, 15) is 18.0 Å². The summed E-state index contributed by atoms with van der Waals surface area (Å²) in [5.41, 5.74) is 0.167. The summed E-state index contributed by atoms with van der Waals surface area (Å²) < 4.78 is 61.0. The minimum Gasteiger partial charge on any atom is -0.454 e. The van der Waals surface area contributed by atoms with Gasteiger partial charge >= 0.3 is 18.1 Å². The van der Waals surface area contributed by atoms with Gasteiger partial charge in [0.25, 0.3) is 0 Å². The summed E-state index contributed by atoms with van der Waals surface area (Å²) in [5, 5.41) is 3.83. The molecule has 148 valence electrons. The highest BCUT2D eigenvalue weighted by Crippen LogP contribution is 2.48. The zero-order chi connectivity index (χ0) is 20.1. The van der Waals surface area contributed by atoms with E-state index in [0.717, 1.165) is 12.1 Å². The predicted molar refractivity (Wildman–Crippen MR) is 91.2 cm³/mol. The number of rotatable bonds is 2. The van der Waals surface area contributed by atoms with Crippen LogP contribution in [-0.4, -0.2) is 24.9 Å². The fourth-order valence-corrected chi connectivity index (χ4v) is 2.83. The number of alkyl halides is 3. The largest absolute Gasteiger partial charge is 0.492 e. The van der Waals surface area contributed by atoms with Crippen molar-refractivity contribution in [3.05, 3.63) is 40.4 Å². The monoisotopic (exact) mass is 436 g/mol. The number of anilines is 1. The zero-order valence-electron chi connectivity index (χ0n) is 13.5. The van der Waals surface area contributed by atoms with Crippen molar-refractivity contribution in [1.82, 2.24) is 5.32 Å². The molecule has 2 heterocycles. The minimum absolute atomic E-state index is 0.00717. The van der Waals surface area contributed by atoms with Crippen LogP contribution < -0.4 is 29.6 Å². The minimum atomic E-state index is -5.13. The van der Waals surface area contributed by atoms with E-state index < -0.39 is 18.1 Å². The van der Waals surface area contributed by atoms with Gasteiger partial charge in [0.1, 0.15) is 0 Å². The van der Waals surface area contributed by atoms with Crippen molar-refractivity contribution in [2.24, 2.45) is 0 Å². The van der Waals surface area contributed by atoms with Crippen LogP contribution in [0.5, 0.6) is 23.0 Å². The molecular weight excluding hydrogens is 428 g/mol. The molecule has 0 saturated carbocycles. The standard InChI is InChI=1S/C16H9Cl2F3N2O5/c17-8-4-12-13(5-9(8)18)28-16(27-12,15(19,20)21)23-14(24)22-7-1-2-10-11(3-7)26-6-25-10/h1-5H,6H2,(H2,22,23,24). The summed E-state index contributed by atoms with van der Waals surface area (Å²) in [6.45, 7) is 0.00717. The molecular formula is C16H9Cl2F3N2O5. The van der Waals surface area contributed by atoms with Crippen LogP contribution in [0.4, 0.5) is 23.7 Å². The molecule has 4 rings (SSSR count). The fraction of sp³-hybridized carbons (Fsp3) is 0.188. The normalized spacial score (nSPS) is 16.0. The van der Waals surface area contributed by atoms with Gasteiger partial charge in [0, 0.05) is 23.9 Å². The van der Waals surface area contributed by atoms with E-state index in [4.69, 9.17) is 42.1 Å². The van der Waals surface area contributed by atoms with E-state index in [1.54, 1.807) is 5.32 Å². The first-order valence-corrected chi connectivity index (χ1v) is 8.35. The molecule has 0 aromatic heterocycles. The molecule has 0 atom stereocenters. The number of carbonyl (C=O) groups excluding carboxylic acids is 1. The first-order valence-electron chi connectivity index (χ1n) is 7.59. The molecule has 12 heteroatoms. The number of halogens is 5. The quantitative estimate of drug-likeness (QED) is 0.722. The van der Waals surface area contributed by atoms with Crippen LogP contribution in [0.2, 0.25) is 10.0 Å². The number of amides is 2. The van der Waals surface area contributed by atoms with Crippen LogP contribution in [0.1, 0.15) is 0 Å². The van der Waals surface area contributed by atoms with Gasteiger partial charge in [0.05, 0.1) is 10.0 Å². The van der Waals surface area contributed by atoms with Crippen LogP contribution in [-0.2, 0) is 0 Å². The summed E-state index contributed by atoms with van der Waals surface area (Å²) in [7, 11) is 0. The molecule has 2 aliphatic rings. The third kappa shape index (κ3) is 3.18. The van der Waals surface area contributed by atoms with E-state index in [-0.39, 0.29) is 34.0 Å². The van der Waals surface area contributed by atoms with E-state index >= 15 is 0 Å². The fourth-order valence-electron chi connectivity index (χ4n) is 2.52. The van der Waals surface area contributed by atoms with Crippen molar-refractivity contribution < 1.29 is 36.9 Å².